The minimum atomic E-state index is -3.62. The van der Waals surface area contributed by atoms with Gasteiger partial charge < -0.3 is 5.32 Å². The second-order valence-corrected chi connectivity index (χ2v) is 9.75. The zero-order valence-corrected chi connectivity index (χ0v) is 17.2. The quantitative estimate of drug-likeness (QED) is 0.791. The Morgan fingerprint density at radius 3 is 2.32 bits per heavy atom. The van der Waals surface area contributed by atoms with Gasteiger partial charge in [-0.2, -0.15) is 4.31 Å². The van der Waals surface area contributed by atoms with Gasteiger partial charge in [-0.25, -0.2) is 12.8 Å². The van der Waals surface area contributed by atoms with Gasteiger partial charge in [0, 0.05) is 23.7 Å². The molecule has 2 aromatic carbocycles. The lowest BCUT2D eigenvalue weighted by atomic mass is 9.94. The third-order valence-electron chi connectivity index (χ3n) is 4.77. The molecular weight excluding hydrogens is 403 g/mol. The van der Waals surface area contributed by atoms with Crippen LogP contribution in [0.3, 0.4) is 0 Å². The fourth-order valence-corrected chi connectivity index (χ4v) is 5.37. The molecule has 1 saturated heterocycles. The van der Waals surface area contributed by atoms with Gasteiger partial charge in [-0.1, -0.05) is 25.4 Å². The monoisotopic (exact) mass is 424 g/mol. The summed E-state index contributed by atoms with van der Waals surface area (Å²) in [6, 6.07) is 9.50. The summed E-state index contributed by atoms with van der Waals surface area (Å²) in [5, 5.41) is 2.74. The highest BCUT2D eigenvalue weighted by atomic mass is 35.5. The lowest BCUT2D eigenvalue weighted by Crippen LogP contribution is -2.42. The molecule has 150 valence electrons. The molecule has 0 saturated carbocycles. The van der Waals surface area contributed by atoms with Crippen molar-refractivity contribution in [3.63, 3.8) is 0 Å². The SMILES string of the molecule is CC1CC(C)CN(S(=O)(=O)c2ccc(C(=O)Nc3cc(Cl)ccc3F)cc2)C1. The lowest BCUT2D eigenvalue weighted by molar-refractivity contribution is 0.102. The number of hydrogen-bond donors (Lipinski definition) is 1. The molecule has 1 heterocycles. The summed E-state index contributed by atoms with van der Waals surface area (Å²) < 4.78 is 41.1. The minimum absolute atomic E-state index is 0.0366. The molecule has 1 N–H and O–H groups in total. The van der Waals surface area contributed by atoms with Crippen molar-refractivity contribution in [2.24, 2.45) is 11.8 Å². The molecule has 1 fully saturated rings. The number of halogens is 2. The number of rotatable bonds is 4. The Morgan fingerprint density at radius 2 is 1.71 bits per heavy atom. The van der Waals surface area contributed by atoms with Crippen LogP contribution in [0.5, 0.6) is 0 Å². The van der Waals surface area contributed by atoms with Crippen molar-refractivity contribution < 1.29 is 17.6 Å². The van der Waals surface area contributed by atoms with Gasteiger partial charge in [0.05, 0.1) is 10.6 Å². The number of nitrogens with zero attached hydrogens (tertiary/aromatic N) is 1. The van der Waals surface area contributed by atoms with Gasteiger partial charge in [0.15, 0.2) is 0 Å². The summed E-state index contributed by atoms with van der Waals surface area (Å²) in [6.07, 6.45) is 1.01. The van der Waals surface area contributed by atoms with E-state index in [-0.39, 0.29) is 16.1 Å². The van der Waals surface area contributed by atoms with E-state index >= 15 is 0 Å². The Labute approximate surface area is 169 Å². The third kappa shape index (κ3) is 4.54. The molecule has 2 unspecified atom stereocenters. The van der Waals surface area contributed by atoms with E-state index in [4.69, 9.17) is 11.6 Å². The van der Waals surface area contributed by atoms with Crippen LogP contribution in [0.25, 0.3) is 0 Å². The van der Waals surface area contributed by atoms with E-state index in [0.717, 1.165) is 12.5 Å². The van der Waals surface area contributed by atoms with E-state index in [1.165, 1.54) is 40.7 Å². The van der Waals surface area contributed by atoms with E-state index in [2.05, 4.69) is 5.32 Å². The van der Waals surface area contributed by atoms with E-state index in [0.29, 0.717) is 29.9 Å². The molecule has 28 heavy (non-hydrogen) atoms. The van der Waals surface area contributed by atoms with E-state index in [1.54, 1.807) is 0 Å². The van der Waals surface area contributed by atoms with Crippen molar-refractivity contribution >= 4 is 33.2 Å². The fourth-order valence-electron chi connectivity index (χ4n) is 3.52. The molecule has 2 aromatic rings. The Morgan fingerprint density at radius 1 is 1.11 bits per heavy atom. The smallest absolute Gasteiger partial charge is 0.255 e. The summed E-state index contributed by atoms with van der Waals surface area (Å²) in [5.74, 6) is -0.553. The molecule has 0 radical (unpaired) electrons. The van der Waals surface area contributed by atoms with E-state index < -0.39 is 21.7 Å². The van der Waals surface area contributed by atoms with Crippen LogP contribution in [0, 0.1) is 17.7 Å². The van der Waals surface area contributed by atoms with Crippen molar-refractivity contribution in [2.45, 2.75) is 25.2 Å². The molecule has 0 aromatic heterocycles. The van der Waals surface area contributed by atoms with Crippen molar-refractivity contribution in [3.05, 3.63) is 58.9 Å². The predicted octanol–water partition coefficient (Wildman–Crippen LogP) is 4.40. The highest BCUT2D eigenvalue weighted by Crippen LogP contribution is 2.27. The van der Waals surface area contributed by atoms with Crippen LogP contribution in [-0.4, -0.2) is 31.7 Å². The van der Waals surface area contributed by atoms with E-state index in [9.17, 15) is 17.6 Å². The first kappa shape index (κ1) is 20.8. The average Bonchev–Trinajstić information content (AvgIpc) is 2.64. The van der Waals surface area contributed by atoms with Gasteiger partial charge >= 0.3 is 0 Å². The minimum Gasteiger partial charge on any atom is -0.319 e. The van der Waals surface area contributed by atoms with Crippen LogP contribution in [-0.2, 0) is 10.0 Å². The number of carbonyl (C=O) groups excluding carboxylic acids is 1. The van der Waals surface area contributed by atoms with Crippen LogP contribution in [0.2, 0.25) is 5.02 Å². The van der Waals surface area contributed by atoms with Crippen LogP contribution in [0.4, 0.5) is 10.1 Å². The highest BCUT2D eigenvalue weighted by molar-refractivity contribution is 7.89. The normalized spacial score (nSPS) is 20.7. The number of carbonyl (C=O) groups is 1. The second kappa shape index (κ2) is 8.19. The topological polar surface area (TPSA) is 66.5 Å². The number of nitrogens with one attached hydrogen (secondary N) is 1. The van der Waals surface area contributed by atoms with Crippen molar-refractivity contribution in [1.29, 1.82) is 0 Å². The molecule has 0 aliphatic carbocycles. The van der Waals surface area contributed by atoms with Gasteiger partial charge in [0.25, 0.3) is 5.91 Å². The highest BCUT2D eigenvalue weighted by Gasteiger charge is 2.31. The molecule has 1 amide bonds. The van der Waals surface area contributed by atoms with Gasteiger partial charge in [-0.15, -0.1) is 0 Å². The molecule has 2 atom stereocenters. The van der Waals surface area contributed by atoms with Gasteiger partial charge in [0.1, 0.15) is 5.82 Å². The van der Waals surface area contributed by atoms with Crippen LogP contribution < -0.4 is 5.32 Å². The van der Waals surface area contributed by atoms with E-state index in [1.807, 2.05) is 13.8 Å². The summed E-state index contributed by atoms with van der Waals surface area (Å²) >= 11 is 5.82. The molecular formula is C20H22ClFN2O3S. The van der Waals surface area contributed by atoms with Crippen LogP contribution >= 0.6 is 11.6 Å². The molecule has 3 rings (SSSR count). The molecule has 1 aliphatic heterocycles. The molecule has 8 heteroatoms. The summed E-state index contributed by atoms with van der Waals surface area (Å²) in [5.41, 5.74) is 0.184. The Hall–Kier alpha value is -1.96. The number of hydrogen-bond acceptors (Lipinski definition) is 3. The Bertz CT molecular complexity index is 969. The first-order valence-electron chi connectivity index (χ1n) is 9.03. The predicted molar refractivity (Wildman–Crippen MR) is 108 cm³/mol. The average molecular weight is 425 g/mol. The van der Waals surface area contributed by atoms with Crippen molar-refractivity contribution in [1.82, 2.24) is 4.31 Å². The zero-order valence-electron chi connectivity index (χ0n) is 15.7. The Balaban J connectivity index is 1.77. The lowest BCUT2D eigenvalue weighted by Gasteiger charge is -2.34. The van der Waals surface area contributed by atoms with Gasteiger partial charge in [0.2, 0.25) is 10.0 Å². The van der Waals surface area contributed by atoms with Gasteiger partial charge in [-0.3, -0.25) is 4.79 Å². The molecule has 5 nitrogen and oxygen atoms in total. The van der Waals surface area contributed by atoms with Crippen molar-refractivity contribution in [2.75, 3.05) is 18.4 Å². The standard InChI is InChI=1S/C20H22ClFN2O3S/c1-13-9-14(2)12-24(11-13)28(26,27)17-6-3-15(4-7-17)20(25)23-19-10-16(21)5-8-18(19)22/h3-8,10,13-14H,9,11-12H2,1-2H3,(H,23,25). The second-order valence-electron chi connectivity index (χ2n) is 7.37. The summed E-state index contributed by atoms with van der Waals surface area (Å²) in [7, 11) is -3.62. The maximum atomic E-state index is 13.8. The summed E-state index contributed by atoms with van der Waals surface area (Å²) in [4.78, 5) is 12.5. The summed E-state index contributed by atoms with van der Waals surface area (Å²) in [6.45, 7) is 5.06. The van der Waals surface area contributed by atoms with Gasteiger partial charge in [-0.05, 0) is 60.7 Å². The number of benzene rings is 2. The first-order valence-corrected chi connectivity index (χ1v) is 10.8. The number of anilines is 1. The molecule has 0 spiro atoms. The maximum absolute atomic E-state index is 13.8. The van der Waals surface area contributed by atoms with Crippen LogP contribution in [0.15, 0.2) is 47.4 Å². The molecule has 0 bridgehead atoms. The maximum Gasteiger partial charge on any atom is 0.255 e. The first-order chi connectivity index (χ1) is 13.2. The number of piperidine rings is 1. The zero-order chi connectivity index (χ0) is 20.5. The number of sulfonamides is 1. The molecule has 1 aliphatic rings. The largest absolute Gasteiger partial charge is 0.319 e. The Kier molecular flexibility index (Phi) is 6.07. The van der Waals surface area contributed by atoms with Crippen molar-refractivity contribution in [3.8, 4) is 0 Å². The number of amides is 1. The fraction of sp³-hybridized carbons (Fsp3) is 0.350. The third-order valence-corrected chi connectivity index (χ3v) is 6.85. The van der Waals surface area contributed by atoms with Crippen LogP contribution in [0.1, 0.15) is 30.6 Å².